The molecule has 0 aliphatic heterocycles. The Hall–Kier alpha value is -1.36. The molecule has 0 radical (unpaired) electrons. The van der Waals surface area contributed by atoms with E-state index in [4.69, 9.17) is 23.2 Å². The lowest BCUT2D eigenvalue weighted by molar-refractivity contribution is -0.111. The Bertz CT molecular complexity index is 657. The van der Waals surface area contributed by atoms with Gasteiger partial charge in [-0.25, -0.2) is 4.98 Å². The van der Waals surface area contributed by atoms with Crippen LogP contribution in [0.1, 0.15) is 5.56 Å². The topological polar surface area (TPSA) is 42.0 Å². The van der Waals surface area contributed by atoms with Crippen molar-refractivity contribution in [1.29, 1.82) is 0 Å². The number of halogens is 3. The molecule has 3 nitrogen and oxygen atoms in total. The fourth-order valence-corrected chi connectivity index (χ4v) is 2.13. The molecule has 102 valence electrons. The lowest BCUT2D eigenvalue weighted by Crippen LogP contribution is -2.08. The largest absolute Gasteiger partial charge is 0.307 e. The van der Waals surface area contributed by atoms with E-state index in [0.29, 0.717) is 15.9 Å². The van der Waals surface area contributed by atoms with Gasteiger partial charge in [-0.3, -0.25) is 4.79 Å². The minimum absolute atomic E-state index is 0.286. The molecule has 0 aliphatic carbocycles. The maximum Gasteiger partial charge on any atom is 0.249 e. The Balaban J connectivity index is 2.03. The second kappa shape index (κ2) is 6.88. The van der Waals surface area contributed by atoms with Crippen molar-refractivity contribution in [3.05, 3.63) is 62.7 Å². The Labute approximate surface area is 134 Å². The normalized spacial score (nSPS) is 10.8. The van der Waals surface area contributed by atoms with Crippen molar-refractivity contribution < 1.29 is 4.79 Å². The van der Waals surface area contributed by atoms with E-state index in [0.717, 1.165) is 10.0 Å². The molecule has 0 unspecified atom stereocenters. The van der Waals surface area contributed by atoms with E-state index in [-0.39, 0.29) is 5.91 Å². The first kappa shape index (κ1) is 15.0. The van der Waals surface area contributed by atoms with Crippen molar-refractivity contribution in [3.63, 3.8) is 0 Å². The summed E-state index contributed by atoms with van der Waals surface area (Å²) in [5.74, 6) is 0.191. The number of rotatable bonds is 3. The number of benzene rings is 1. The molecule has 0 aliphatic rings. The molecule has 1 heterocycles. The highest BCUT2D eigenvalue weighted by Gasteiger charge is 2.01. The first-order chi connectivity index (χ1) is 9.54. The highest BCUT2D eigenvalue weighted by Crippen LogP contribution is 2.22. The number of anilines is 1. The third kappa shape index (κ3) is 4.34. The van der Waals surface area contributed by atoms with Crippen LogP contribution in [0.2, 0.25) is 10.0 Å². The molecular weight excluding hydrogens is 363 g/mol. The molecule has 0 spiro atoms. The van der Waals surface area contributed by atoms with E-state index in [1.165, 1.54) is 6.08 Å². The van der Waals surface area contributed by atoms with Crippen molar-refractivity contribution in [2.75, 3.05) is 5.32 Å². The molecule has 1 amide bonds. The van der Waals surface area contributed by atoms with Gasteiger partial charge < -0.3 is 5.32 Å². The van der Waals surface area contributed by atoms with Gasteiger partial charge in [-0.1, -0.05) is 29.3 Å². The van der Waals surface area contributed by atoms with Crippen LogP contribution in [0.4, 0.5) is 5.82 Å². The first-order valence-electron chi connectivity index (χ1n) is 5.60. The van der Waals surface area contributed by atoms with Crippen LogP contribution in [0.25, 0.3) is 6.08 Å². The summed E-state index contributed by atoms with van der Waals surface area (Å²) in [5, 5.41) is 3.68. The molecular formula is C14H9BrCl2N2O. The van der Waals surface area contributed by atoms with Crippen LogP contribution in [-0.2, 0) is 4.79 Å². The van der Waals surface area contributed by atoms with Crippen LogP contribution in [0.15, 0.2) is 47.1 Å². The van der Waals surface area contributed by atoms with Crippen LogP contribution in [-0.4, -0.2) is 10.9 Å². The van der Waals surface area contributed by atoms with Crippen LogP contribution >= 0.6 is 39.1 Å². The second-order valence-electron chi connectivity index (χ2n) is 3.85. The summed E-state index contributed by atoms with van der Waals surface area (Å²) < 4.78 is 0.846. The van der Waals surface area contributed by atoms with Crippen molar-refractivity contribution in [2.45, 2.75) is 0 Å². The Morgan fingerprint density at radius 1 is 1.25 bits per heavy atom. The van der Waals surface area contributed by atoms with Gasteiger partial charge in [0.2, 0.25) is 5.91 Å². The molecule has 2 aromatic rings. The highest BCUT2D eigenvalue weighted by molar-refractivity contribution is 9.10. The van der Waals surface area contributed by atoms with Crippen LogP contribution in [0.5, 0.6) is 0 Å². The van der Waals surface area contributed by atoms with Crippen molar-refractivity contribution in [3.8, 4) is 0 Å². The van der Waals surface area contributed by atoms with E-state index in [1.54, 1.807) is 42.6 Å². The average molecular weight is 372 g/mol. The number of carbonyl (C=O) groups is 1. The first-order valence-corrected chi connectivity index (χ1v) is 7.15. The molecule has 0 bridgehead atoms. The molecule has 0 saturated heterocycles. The SMILES string of the molecule is O=C(/C=C/c1ccc(Cl)cc1Cl)Nc1ccc(Br)cn1. The van der Waals surface area contributed by atoms with E-state index in [1.807, 2.05) is 0 Å². The lowest BCUT2D eigenvalue weighted by atomic mass is 10.2. The third-order valence-corrected chi connectivity index (χ3v) is 3.39. The number of aromatic nitrogens is 1. The molecule has 0 fully saturated rings. The molecule has 0 atom stereocenters. The predicted molar refractivity (Wildman–Crippen MR) is 86.1 cm³/mol. The lowest BCUT2D eigenvalue weighted by Gasteiger charge is -2.01. The summed E-state index contributed by atoms with van der Waals surface area (Å²) in [7, 11) is 0. The Morgan fingerprint density at radius 2 is 2.05 bits per heavy atom. The molecule has 20 heavy (non-hydrogen) atoms. The fraction of sp³-hybridized carbons (Fsp3) is 0. The standard InChI is InChI=1S/C14H9BrCl2N2O/c15-10-3-5-13(18-8-10)19-14(20)6-2-9-1-4-11(16)7-12(9)17/h1-8H,(H,18,19,20)/b6-2+. The van der Waals surface area contributed by atoms with E-state index in [2.05, 4.69) is 26.2 Å². The second-order valence-corrected chi connectivity index (χ2v) is 5.61. The summed E-state index contributed by atoms with van der Waals surface area (Å²) in [5.41, 5.74) is 0.718. The number of hydrogen-bond acceptors (Lipinski definition) is 2. The maximum absolute atomic E-state index is 11.7. The predicted octanol–water partition coefficient (Wildman–Crippen LogP) is 4.80. The van der Waals surface area contributed by atoms with Crippen LogP contribution in [0.3, 0.4) is 0 Å². The molecule has 2 rings (SSSR count). The number of amides is 1. The molecule has 1 N–H and O–H groups in total. The summed E-state index contributed by atoms with van der Waals surface area (Å²) in [4.78, 5) is 15.8. The molecule has 1 aromatic heterocycles. The molecule has 1 aromatic carbocycles. The van der Waals surface area contributed by atoms with Crippen LogP contribution < -0.4 is 5.32 Å². The van der Waals surface area contributed by atoms with Gasteiger partial charge in [0.25, 0.3) is 0 Å². The molecule has 6 heteroatoms. The minimum atomic E-state index is -0.286. The monoisotopic (exact) mass is 370 g/mol. The van der Waals surface area contributed by atoms with Crippen molar-refractivity contribution in [1.82, 2.24) is 4.98 Å². The fourth-order valence-electron chi connectivity index (χ4n) is 1.42. The number of carbonyl (C=O) groups excluding carboxylic acids is 1. The zero-order valence-electron chi connectivity index (χ0n) is 10.1. The number of nitrogens with zero attached hydrogens (tertiary/aromatic N) is 1. The number of pyridine rings is 1. The minimum Gasteiger partial charge on any atom is -0.307 e. The van der Waals surface area contributed by atoms with Gasteiger partial charge in [0.05, 0.1) is 0 Å². The maximum atomic E-state index is 11.7. The Kier molecular flexibility index (Phi) is 5.17. The third-order valence-electron chi connectivity index (χ3n) is 2.36. The number of nitrogens with one attached hydrogen (secondary N) is 1. The summed E-state index contributed by atoms with van der Waals surface area (Å²) >= 11 is 15.1. The smallest absolute Gasteiger partial charge is 0.249 e. The number of hydrogen-bond donors (Lipinski definition) is 1. The molecule has 0 saturated carbocycles. The zero-order chi connectivity index (χ0) is 14.5. The summed E-state index contributed by atoms with van der Waals surface area (Å²) in [6.07, 6.45) is 4.61. The Morgan fingerprint density at radius 3 is 2.70 bits per heavy atom. The van der Waals surface area contributed by atoms with Crippen molar-refractivity contribution >= 4 is 56.9 Å². The zero-order valence-corrected chi connectivity index (χ0v) is 13.2. The van der Waals surface area contributed by atoms with Gasteiger partial charge in [-0.2, -0.15) is 0 Å². The van der Waals surface area contributed by atoms with Gasteiger partial charge in [0.15, 0.2) is 0 Å². The van der Waals surface area contributed by atoms with E-state index >= 15 is 0 Å². The van der Waals surface area contributed by atoms with E-state index in [9.17, 15) is 4.79 Å². The van der Waals surface area contributed by atoms with Gasteiger partial charge in [0.1, 0.15) is 5.82 Å². The summed E-state index contributed by atoms with van der Waals surface area (Å²) in [6.45, 7) is 0. The van der Waals surface area contributed by atoms with Crippen molar-refractivity contribution in [2.24, 2.45) is 0 Å². The average Bonchev–Trinajstić information content (AvgIpc) is 2.40. The highest BCUT2D eigenvalue weighted by atomic mass is 79.9. The quantitative estimate of drug-likeness (QED) is 0.787. The van der Waals surface area contributed by atoms with E-state index < -0.39 is 0 Å². The van der Waals surface area contributed by atoms with Gasteiger partial charge >= 0.3 is 0 Å². The van der Waals surface area contributed by atoms with Crippen LogP contribution in [0, 0.1) is 0 Å². The van der Waals surface area contributed by atoms with Gasteiger partial charge in [-0.05, 0) is 51.8 Å². The van der Waals surface area contributed by atoms with Gasteiger partial charge in [-0.15, -0.1) is 0 Å². The summed E-state index contributed by atoms with van der Waals surface area (Å²) in [6, 6.07) is 8.57. The van der Waals surface area contributed by atoms with Gasteiger partial charge in [0, 0.05) is 26.8 Å².